The van der Waals surface area contributed by atoms with Crippen molar-refractivity contribution in [2.45, 2.75) is 27.0 Å². The van der Waals surface area contributed by atoms with E-state index in [2.05, 4.69) is 24.1 Å². The maximum Gasteiger partial charge on any atom is 0.240 e. The molecule has 1 N–H and O–H groups in total. The van der Waals surface area contributed by atoms with Gasteiger partial charge in [0.2, 0.25) is 5.91 Å². The zero-order chi connectivity index (χ0) is 17.6. The predicted molar refractivity (Wildman–Crippen MR) is 98.4 cm³/mol. The van der Waals surface area contributed by atoms with Crippen molar-refractivity contribution in [3.8, 4) is 5.75 Å². The highest BCUT2D eigenvalue weighted by molar-refractivity contribution is 5.81. The minimum absolute atomic E-state index is 0.0159. The molecule has 0 unspecified atom stereocenters. The minimum atomic E-state index is -0.0159. The molecule has 0 aliphatic carbocycles. The first kappa shape index (κ1) is 17.0. The Morgan fingerprint density at radius 3 is 2.60 bits per heavy atom. The molecular formula is C20H23N3O2. The molecule has 0 fully saturated rings. The van der Waals surface area contributed by atoms with Crippen molar-refractivity contribution in [2.75, 3.05) is 6.54 Å². The van der Waals surface area contributed by atoms with Gasteiger partial charge in [-0.2, -0.15) is 0 Å². The highest BCUT2D eigenvalue weighted by Crippen LogP contribution is 2.18. The average Bonchev–Trinajstić information content (AvgIpc) is 2.97. The van der Waals surface area contributed by atoms with Gasteiger partial charge in [-0.05, 0) is 30.2 Å². The molecule has 0 saturated heterocycles. The number of carbonyl (C=O) groups is 1. The topological polar surface area (TPSA) is 56.2 Å². The lowest BCUT2D eigenvalue weighted by Crippen LogP contribution is -2.31. The lowest BCUT2D eigenvalue weighted by atomic mass is 10.2. The quantitative estimate of drug-likeness (QED) is 0.719. The largest absolute Gasteiger partial charge is 0.486 e. The van der Waals surface area contributed by atoms with Crippen LogP contribution in [0.4, 0.5) is 0 Å². The number of rotatable bonds is 7. The number of nitrogens with one attached hydrogen (secondary N) is 1. The molecule has 0 radical (unpaired) electrons. The van der Waals surface area contributed by atoms with E-state index in [1.54, 1.807) is 0 Å². The fraction of sp³-hybridized carbons (Fsp3) is 0.300. The summed E-state index contributed by atoms with van der Waals surface area (Å²) in [5, 5.41) is 2.96. The molecule has 3 rings (SSSR count). The standard InChI is InChI=1S/C20H23N3O2/c1-15(2)12-21-20(24)13-23-18-11-7-6-10-17(18)22-19(23)14-25-16-8-4-3-5-9-16/h3-11,15H,12-14H2,1-2H3,(H,21,24). The van der Waals surface area contributed by atoms with Gasteiger partial charge >= 0.3 is 0 Å². The Labute approximate surface area is 147 Å². The Kier molecular flexibility index (Phi) is 5.33. The van der Waals surface area contributed by atoms with Crippen LogP contribution in [-0.4, -0.2) is 22.0 Å². The number of para-hydroxylation sites is 3. The molecule has 5 heteroatoms. The lowest BCUT2D eigenvalue weighted by Gasteiger charge is -2.12. The van der Waals surface area contributed by atoms with Crippen molar-refractivity contribution >= 4 is 16.9 Å². The third kappa shape index (κ3) is 4.38. The van der Waals surface area contributed by atoms with Crippen molar-refractivity contribution in [3.05, 3.63) is 60.4 Å². The fourth-order valence-electron chi connectivity index (χ4n) is 2.59. The highest BCUT2D eigenvalue weighted by Gasteiger charge is 2.14. The number of hydrogen-bond acceptors (Lipinski definition) is 3. The van der Waals surface area contributed by atoms with Gasteiger partial charge in [-0.15, -0.1) is 0 Å². The van der Waals surface area contributed by atoms with Gasteiger partial charge < -0.3 is 14.6 Å². The Bertz CT molecular complexity index is 841. The van der Waals surface area contributed by atoms with Gasteiger partial charge in [0.15, 0.2) is 0 Å². The lowest BCUT2D eigenvalue weighted by molar-refractivity contribution is -0.121. The molecule has 1 amide bonds. The number of aromatic nitrogens is 2. The summed E-state index contributed by atoms with van der Waals surface area (Å²) in [6.45, 7) is 5.37. The molecule has 2 aromatic carbocycles. The maximum atomic E-state index is 12.3. The van der Waals surface area contributed by atoms with Crippen molar-refractivity contribution in [1.82, 2.24) is 14.9 Å². The Balaban J connectivity index is 1.80. The number of hydrogen-bond donors (Lipinski definition) is 1. The monoisotopic (exact) mass is 337 g/mol. The van der Waals surface area contributed by atoms with Crippen molar-refractivity contribution < 1.29 is 9.53 Å². The minimum Gasteiger partial charge on any atom is -0.486 e. The van der Waals surface area contributed by atoms with E-state index in [1.165, 1.54) is 0 Å². The summed E-state index contributed by atoms with van der Waals surface area (Å²) in [5.74, 6) is 1.93. The smallest absolute Gasteiger partial charge is 0.240 e. The molecule has 1 aromatic heterocycles. The molecule has 25 heavy (non-hydrogen) atoms. The molecule has 5 nitrogen and oxygen atoms in total. The van der Waals surface area contributed by atoms with E-state index in [9.17, 15) is 4.79 Å². The van der Waals surface area contributed by atoms with Gasteiger partial charge in [-0.25, -0.2) is 4.98 Å². The number of ether oxygens (including phenoxy) is 1. The fourth-order valence-corrected chi connectivity index (χ4v) is 2.59. The van der Waals surface area contributed by atoms with E-state index >= 15 is 0 Å². The van der Waals surface area contributed by atoms with E-state index in [1.807, 2.05) is 59.2 Å². The average molecular weight is 337 g/mol. The first-order chi connectivity index (χ1) is 12.1. The number of fused-ring (bicyclic) bond motifs is 1. The van der Waals surface area contributed by atoms with Crippen LogP contribution in [-0.2, 0) is 17.9 Å². The first-order valence-corrected chi connectivity index (χ1v) is 8.52. The van der Waals surface area contributed by atoms with Crippen LogP contribution < -0.4 is 10.1 Å². The van der Waals surface area contributed by atoms with Gasteiger partial charge in [0, 0.05) is 6.54 Å². The molecule has 0 spiro atoms. The molecule has 0 bridgehead atoms. The summed E-state index contributed by atoms with van der Waals surface area (Å²) in [7, 11) is 0. The molecule has 3 aromatic rings. The zero-order valence-corrected chi connectivity index (χ0v) is 14.6. The Morgan fingerprint density at radius 2 is 1.84 bits per heavy atom. The second kappa shape index (κ2) is 7.83. The summed E-state index contributed by atoms with van der Waals surface area (Å²) in [4.78, 5) is 16.9. The summed E-state index contributed by atoms with van der Waals surface area (Å²) >= 11 is 0. The van der Waals surface area contributed by atoms with E-state index < -0.39 is 0 Å². The number of benzene rings is 2. The molecule has 0 aliphatic rings. The number of nitrogens with zero attached hydrogens (tertiary/aromatic N) is 2. The van der Waals surface area contributed by atoms with E-state index in [-0.39, 0.29) is 12.5 Å². The van der Waals surface area contributed by atoms with Crippen LogP contribution in [0, 0.1) is 5.92 Å². The second-order valence-corrected chi connectivity index (χ2v) is 6.40. The van der Waals surface area contributed by atoms with Crippen molar-refractivity contribution in [3.63, 3.8) is 0 Å². The van der Waals surface area contributed by atoms with E-state index in [0.717, 1.165) is 22.6 Å². The van der Waals surface area contributed by atoms with Gasteiger partial charge in [0.1, 0.15) is 24.7 Å². The summed E-state index contributed by atoms with van der Waals surface area (Å²) < 4.78 is 7.75. The normalized spacial score (nSPS) is 11.0. The third-order valence-electron chi connectivity index (χ3n) is 3.85. The summed E-state index contributed by atoms with van der Waals surface area (Å²) in [5.41, 5.74) is 1.81. The SMILES string of the molecule is CC(C)CNC(=O)Cn1c(COc2ccccc2)nc2ccccc21. The van der Waals surface area contributed by atoms with Gasteiger partial charge in [0.05, 0.1) is 11.0 Å². The first-order valence-electron chi connectivity index (χ1n) is 8.52. The second-order valence-electron chi connectivity index (χ2n) is 6.40. The highest BCUT2D eigenvalue weighted by atomic mass is 16.5. The van der Waals surface area contributed by atoms with Crippen LogP contribution in [0.5, 0.6) is 5.75 Å². The molecule has 130 valence electrons. The van der Waals surface area contributed by atoms with Crippen LogP contribution in [0.1, 0.15) is 19.7 Å². The Hall–Kier alpha value is -2.82. The molecular weight excluding hydrogens is 314 g/mol. The number of imidazole rings is 1. The van der Waals surface area contributed by atoms with Crippen molar-refractivity contribution in [1.29, 1.82) is 0 Å². The number of amides is 1. The van der Waals surface area contributed by atoms with E-state index in [0.29, 0.717) is 19.1 Å². The van der Waals surface area contributed by atoms with Crippen LogP contribution in [0.25, 0.3) is 11.0 Å². The van der Waals surface area contributed by atoms with Gasteiger partial charge in [0.25, 0.3) is 0 Å². The van der Waals surface area contributed by atoms with Crippen LogP contribution in [0.2, 0.25) is 0 Å². The third-order valence-corrected chi connectivity index (χ3v) is 3.85. The van der Waals surface area contributed by atoms with Gasteiger partial charge in [-0.3, -0.25) is 4.79 Å². The molecule has 0 aliphatic heterocycles. The summed E-state index contributed by atoms with van der Waals surface area (Å²) in [6.07, 6.45) is 0. The van der Waals surface area contributed by atoms with Crippen LogP contribution in [0.15, 0.2) is 54.6 Å². The number of carbonyl (C=O) groups excluding carboxylic acids is 1. The maximum absolute atomic E-state index is 12.3. The Morgan fingerprint density at radius 1 is 1.12 bits per heavy atom. The van der Waals surface area contributed by atoms with Gasteiger partial charge in [-0.1, -0.05) is 44.2 Å². The van der Waals surface area contributed by atoms with Crippen molar-refractivity contribution in [2.24, 2.45) is 5.92 Å². The summed E-state index contributed by atoms with van der Waals surface area (Å²) in [6, 6.07) is 17.4. The molecule has 0 saturated carbocycles. The predicted octanol–water partition coefficient (Wildman–Crippen LogP) is 3.39. The molecule has 0 atom stereocenters. The van der Waals surface area contributed by atoms with E-state index in [4.69, 9.17) is 4.74 Å². The van der Waals surface area contributed by atoms with Crippen LogP contribution in [0.3, 0.4) is 0 Å². The van der Waals surface area contributed by atoms with Crippen LogP contribution >= 0.6 is 0 Å². The zero-order valence-electron chi connectivity index (χ0n) is 14.6. The molecule has 1 heterocycles.